The second kappa shape index (κ2) is 6.29. The van der Waals surface area contributed by atoms with E-state index in [1.807, 2.05) is 24.3 Å². The number of hydrogen-bond donors (Lipinski definition) is 2. The number of amides is 2. The molecular weight excluding hydrogens is 300 g/mol. The van der Waals surface area contributed by atoms with Crippen LogP contribution in [0.2, 0.25) is 5.02 Å². The van der Waals surface area contributed by atoms with Gasteiger partial charge in [-0.2, -0.15) is 0 Å². The molecule has 4 nitrogen and oxygen atoms in total. The molecule has 2 fully saturated rings. The van der Waals surface area contributed by atoms with Crippen molar-refractivity contribution >= 4 is 23.4 Å². The Morgan fingerprint density at radius 3 is 2.27 bits per heavy atom. The molecule has 2 amide bonds. The van der Waals surface area contributed by atoms with Gasteiger partial charge in [-0.05, 0) is 43.4 Å². The summed E-state index contributed by atoms with van der Waals surface area (Å²) in [5.74, 6) is 0.384. The summed E-state index contributed by atoms with van der Waals surface area (Å²) in [6.45, 7) is 0.977. The zero-order valence-corrected chi connectivity index (χ0v) is 13.3. The Morgan fingerprint density at radius 2 is 1.73 bits per heavy atom. The van der Waals surface area contributed by atoms with Crippen LogP contribution in [0.15, 0.2) is 24.3 Å². The highest BCUT2D eigenvalue weighted by Gasteiger charge is 2.45. The number of carbonyl (C=O) groups excluding carboxylic acids is 2. The van der Waals surface area contributed by atoms with E-state index in [0.717, 1.165) is 37.7 Å². The minimum atomic E-state index is -0.412. The number of carbonyl (C=O) groups is 2. The second-order valence-corrected chi connectivity index (χ2v) is 6.70. The Balaban J connectivity index is 1.52. The summed E-state index contributed by atoms with van der Waals surface area (Å²) in [6, 6.07) is 7.55. The number of benzene rings is 1. The monoisotopic (exact) mass is 320 g/mol. The first-order chi connectivity index (χ1) is 10.6. The van der Waals surface area contributed by atoms with E-state index in [2.05, 4.69) is 10.6 Å². The maximum absolute atomic E-state index is 12.6. The van der Waals surface area contributed by atoms with Crippen molar-refractivity contribution < 1.29 is 9.59 Å². The van der Waals surface area contributed by atoms with Gasteiger partial charge in [-0.1, -0.05) is 30.2 Å². The molecule has 22 heavy (non-hydrogen) atoms. The third kappa shape index (κ3) is 3.12. The van der Waals surface area contributed by atoms with Gasteiger partial charge in [-0.3, -0.25) is 9.59 Å². The van der Waals surface area contributed by atoms with Crippen LogP contribution < -0.4 is 10.6 Å². The maximum atomic E-state index is 12.6. The van der Waals surface area contributed by atoms with Crippen LogP contribution >= 0.6 is 11.6 Å². The van der Waals surface area contributed by atoms with Gasteiger partial charge in [0.2, 0.25) is 11.8 Å². The fourth-order valence-electron chi connectivity index (χ4n) is 2.97. The lowest BCUT2D eigenvalue weighted by molar-refractivity contribution is -0.130. The van der Waals surface area contributed by atoms with Crippen LogP contribution in [0.3, 0.4) is 0 Å². The molecule has 0 bridgehead atoms. The third-order valence-electron chi connectivity index (χ3n) is 4.70. The molecule has 1 aromatic carbocycles. The number of nitrogens with one attached hydrogen (secondary N) is 2. The zero-order valence-electron chi connectivity index (χ0n) is 12.5. The Bertz CT molecular complexity index is 563. The third-order valence-corrected chi connectivity index (χ3v) is 4.95. The smallest absolute Gasteiger partial charge is 0.230 e. The molecule has 0 heterocycles. The Labute approximate surface area is 135 Å². The van der Waals surface area contributed by atoms with Crippen molar-refractivity contribution in [2.75, 3.05) is 13.1 Å². The van der Waals surface area contributed by atoms with Crippen molar-refractivity contribution in [3.05, 3.63) is 34.9 Å². The summed E-state index contributed by atoms with van der Waals surface area (Å²) in [6.07, 6.45) is 4.80. The highest BCUT2D eigenvalue weighted by atomic mass is 35.5. The summed E-state index contributed by atoms with van der Waals surface area (Å²) in [5.41, 5.74) is 0.619. The summed E-state index contributed by atoms with van der Waals surface area (Å²) < 4.78 is 0. The van der Waals surface area contributed by atoms with Crippen LogP contribution in [0.25, 0.3) is 0 Å². The highest BCUT2D eigenvalue weighted by Crippen LogP contribution is 2.44. The average molecular weight is 321 g/mol. The molecule has 0 spiro atoms. The van der Waals surface area contributed by atoms with Gasteiger partial charge in [0.15, 0.2) is 0 Å². The number of hydrogen-bond acceptors (Lipinski definition) is 2. The van der Waals surface area contributed by atoms with Gasteiger partial charge >= 0.3 is 0 Å². The fourth-order valence-corrected chi connectivity index (χ4v) is 3.09. The van der Waals surface area contributed by atoms with Crippen LogP contribution in [-0.4, -0.2) is 24.9 Å². The largest absolute Gasteiger partial charge is 0.354 e. The normalized spacial score (nSPS) is 19.1. The van der Waals surface area contributed by atoms with Crippen molar-refractivity contribution in [3.8, 4) is 0 Å². The van der Waals surface area contributed by atoms with Gasteiger partial charge in [0.25, 0.3) is 0 Å². The lowest BCUT2D eigenvalue weighted by Crippen LogP contribution is -2.50. The fraction of sp³-hybridized carbons (Fsp3) is 0.529. The lowest BCUT2D eigenvalue weighted by atomic mass is 9.64. The molecule has 2 aliphatic rings. The number of rotatable bonds is 6. The maximum Gasteiger partial charge on any atom is 0.230 e. The summed E-state index contributed by atoms with van der Waals surface area (Å²) in [4.78, 5) is 24.1. The van der Waals surface area contributed by atoms with Gasteiger partial charge in [0, 0.05) is 24.0 Å². The van der Waals surface area contributed by atoms with Crippen LogP contribution in [0, 0.1) is 5.92 Å². The first-order valence-corrected chi connectivity index (χ1v) is 8.32. The van der Waals surface area contributed by atoms with Crippen LogP contribution in [-0.2, 0) is 15.0 Å². The molecule has 0 unspecified atom stereocenters. The van der Waals surface area contributed by atoms with E-state index < -0.39 is 5.41 Å². The van der Waals surface area contributed by atoms with Gasteiger partial charge in [0.1, 0.15) is 0 Å². The van der Waals surface area contributed by atoms with E-state index in [1.165, 1.54) is 0 Å². The van der Waals surface area contributed by atoms with E-state index in [9.17, 15) is 9.59 Å². The average Bonchev–Trinajstić information content (AvgIpc) is 3.29. The molecule has 2 saturated carbocycles. The van der Waals surface area contributed by atoms with Crippen molar-refractivity contribution in [3.63, 3.8) is 0 Å². The molecule has 2 N–H and O–H groups in total. The summed E-state index contributed by atoms with van der Waals surface area (Å²) in [5, 5.41) is 6.51. The molecule has 1 aromatic rings. The lowest BCUT2D eigenvalue weighted by Gasteiger charge is -2.40. The predicted octanol–water partition coefficient (Wildman–Crippen LogP) is 2.40. The molecule has 2 aliphatic carbocycles. The van der Waals surface area contributed by atoms with E-state index in [-0.39, 0.29) is 17.7 Å². The van der Waals surface area contributed by atoms with Crippen molar-refractivity contribution in [1.29, 1.82) is 0 Å². The van der Waals surface area contributed by atoms with Gasteiger partial charge < -0.3 is 10.6 Å². The van der Waals surface area contributed by atoms with Crippen molar-refractivity contribution in [1.82, 2.24) is 10.6 Å². The van der Waals surface area contributed by atoms with Crippen molar-refractivity contribution in [2.24, 2.45) is 5.92 Å². The molecule has 0 aromatic heterocycles. The van der Waals surface area contributed by atoms with E-state index in [1.54, 1.807) is 0 Å². The molecule has 0 atom stereocenters. The van der Waals surface area contributed by atoms with E-state index in [4.69, 9.17) is 11.6 Å². The molecule has 0 saturated heterocycles. The first-order valence-electron chi connectivity index (χ1n) is 7.94. The second-order valence-electron chi connectivity index (χ2n) is 6.26. The SMILES string of the molecule is O=C(NCCNC(=O)C1(c2ccc(Cl)cc2)CCC1)C1CC1. The highest BCUT2D eigenvalue weighted by molar-refractivity contribution is 6.30. The molecule has 5 heteroatoms. The molecular formula is C17H21ClN2O2. The van der Waals surface area contributed by atoms with Crippen LogP contribution in [0.1, 0.15) is 37.7 Å². The number of halogens is 1. The minimum Gasteiger partial charge on any atom is -0.354 e. The van der Waals surface area contributed by atoms with Crippen molar-refractivity contribution in [2.45, 2.75) is 37.5 Å². The molecule has 0 aliphatic heterocycles. The zero-order chi connectivity index (χ0) is 15.6. The summed E-state index contributed by atoms with van der Waals surface area (Å²) >= 11 is 5.92. The predicted molar refractivity (Wildman–Crippen MR) is 85.7 cm³/mol. The van der Waals surface area contributed by atoms with E-state index >= 15 is 0 Å². The van der Waals surface area contributed by atoms with Gasteiger partial charge in [0.05, 0.1) is 5.41 Å². The van der Waals surface area contributed by atoms with Gasteiger partial charge in [-0.25, -0.2) is 0 Å². The van der Waals surface area contributed by atoms with E-state index in [0.29, 0.717) is 18.1 Å². The van der Waals surface area contributed by atoms with Gasteiger partial charge in [-0.15, -0.1) is 0 Å². The molecule has 118 valence electrons. The topological polar surface area (TPSA) is 58.2 Å². The summed E-state index contributed by atoms with van der Waals surface area (Å²) in [7, 11) is 0. The van der Waals surface area contributed by atoms with Crippen LogP contribution in [0.4, 0.5) is 0 Å². The minimum absolute atomic E-state index is 0.0572. The Morgan fingerprint density at radius 1 is 1.09 bits per heavy atom. The Kier molecular flexibility index (Phi) is 4.39. The molecule has 0 radical (unpaired) electrons. The van der Waals surface area contributed by atoms with Crippen LogP contribution in [0.5, 0.6) is 0 Å². The Hall–Kier alpha value is -1.55. The standard InChI is InChI=1S/C17H21ClN2O2/c18-14-6-4-13(5-7-14)17(8-1-9-17)16(22)20-11-10-19-15(21)12-2-3-12/h4-7,12H,1-3,8-11H2,(H,19,21)(H,20,22). The quantitative estimate of drug-likeness (QED) is 0.791. The first kappa shape index (κ1) is 15.3. The molecule has 3 rings (SSSR count).